The number of nitrogens with zero attached hydrogens (tertiary/aromatic N) is 5. The monoisotopic (exact) mass is 445 g/mol. The average Bonchev–Trinajstić information content (AvgIpc) is 3.26. The summed E-state index contributed by atoms with van der Waals surface area (Å²) in [4.78, 5) is 14.0. The number of hydrogen-bond donors (Lipinski definition) is 3. The van der Waals surface area contributed by atoms with E-state index in [1.807, 2.05) is 48.8 Å². The van der Waals surface area contributed by atoms with Gasteiger partial charge in [0.1, 0.15) is 0 Å². The quantitative estimate of drug-likeness (QED) is 0.352. The molecule has 1 unspecified atom stereocenters. The molecule has 0 saturated carbocycles. The van der Waals surface area contributed by atoms with Crippen LogP contribution >= 0.6 is 0 Å². The molecule has 0 aliphatic heterocycles. The Bertz CT molecular complexity index is 1190. The summed E-state index contributed by atoms with van der Waals surface area (Å²) in [5.41, 5.74) is 4.85. The molecule has 8 nitrogen and oxygen atoms in total. The molecular formula is C25H31N7O. The summed E-state index contributed by atoms with van der Waals surface area (Å²) in [5.74, 6) is 1.56. The zero-order chi connectivity index (χ0) is 23.4. The van der Waals surface area contributed by atoms with E-state index in [0.717, 1.165) is 28.0 Å². The van der Waals surface area contributed by atoms with Gasteiger partial charge in [-0.2, -0.15) is 19.6 Å². The third-order valence-electron chi connectivity index (χ3n) is 5.68. The fourth-order valence-corrected chi connectivity index (χ4v) is 3.56. The molecule has 0 aliphatic rings. The van der Waals surface area contributed by atoms with Gasteiger partial charge in [-0.3, -0.25) is 4.98 Å². The van der Waals surface area contributed by atoms with Gasteiger partial charge in [0.15, 0.2) is 5.65 Å². The molecule has 1 aromatic carbocycles. The average molecular weight is 446 g/mol. The van der Waals surface area contributed by atoms with Crippen molar-refractivity contribution in [2.24, 2.45) is 5.92 Å². The van der Waals surface area contributed by atoms with Crippen molar-refractivity contribution in [1.82, 2.24) is 24.6 Å². The molecule has 172 valence electrons. The topological polar surface area (TPSA) is 100 Å². The predicted octanol–water partition coefficient (Wildman–Crippen LogP) is 4.35. The van der Waals surface area contributed by atoms with Gasteiger partial charge in [-0.1, -0.05) is 64.1 Å². The van der Waals surface area contributed by atoms with Crippen molar-refractivity contribution in [3.05, 3.63) is 66.0 Å². The molecule has 4 aromatic rings. The Morgan fingerprint density at radius 3 is 2.39 bits per heavy atom. The molecule has 0 bridgehead atoms. The van der Waals surface area contributed by atoms with E-state index < -0.39 is 0 Å². The van der Waals surface area contributed by atoms with Crippen LogP contribution in [0.2, 0.25) is 0 Å². The molecule has 8 heteroatoms. The van der Waals surface area contributed by atoms with E-state index in [2.05, 4.69) is 59.5 Å². The van der Waals surface area contributed by atoms with Gasteiger partial charge in [-0.05, 0) is 23.5 Å². The third kappa shape index (κ3) is 5.12. The highest BCUT2D eigenvalue weighted by Gasteiger charge is 2.18. The summed E-state index contributed by atoms with van der Waals surface area (Å²) in [6.45, 7) is 8.88. The number of anilines is 2. The Kier molecular flexibility index (Phi) is 6.84. The molecule has 3 N–H and O–H groups in total. The van der Waals surface area contributed by atoms with Crippen LogP contribution in [0, 0.1) is 5.92 Å². The first-order valence-electron chi connectivity index (χ1n) is 11.3. The van der Waals surface area contributed by atoms with Crippen LogP contribution in [0.5, 0.6) is 0 Å². The second-order valence-corrected chi connectivity index (χ2v) is 8.81. The molecule has 0 radical (unpaired) electrons. The van der Waals surface area contributed by atoms with Crippen LogP contribution in [-0.4, -0.2) is 42.3 Å². The first kappa shape index (κ1) is 22.7. The van der Waals surface area contributed by atoms with E-state index in [1.54, 1.807) is 4.52 Å². The minimum Gasteiger partial charge on any atom is -0.394 e. The third-order valence-corrected chi connectivity index (χ3v) is 5.68. The Balaban J connectivity index is 1.59. The van der Waals surface area contributed by atoms with Gasteiger partial charge < -0.3 is 15.7 Å². The molecule has 33 heavy (non-hydrogen) atoms. The van der Waals surface area contributed by atoms with Crippen LogP contribution in [0.3, 0.4) is 0 Å². The number of aromatic nitrogens is 5. The van der Waals surface area contributed by atoms with Gasteiger partial charge in [0.2, 0.25) is 11.9 Å². The van der Waals surface area contributed by atoms with Crippen LogP contribution in [0.1, 0.15) is 44.7 Å². The first-order valence-corrected chi connectivity index (χ1v) is 11.3. The van der Waals surface area contributed by atoms with E-state index in [-0.39, 0.29) is 24.5 Å². The van der Waals surface area contributed by atoms with Gasteiger partial charge in [0, 0.05) is 23.9 Å². The van der Waals surface area contributed by atoms with Gasteiger partial charge in [-0.15, -0.1) is 0 Å². The normalized spacial score (nSPS) is 12.5. The van der Waals surface area contributed by atoms with E-state index in [0.29, 0.717) is 18.4 Å². The van der Waals surface area contributed by atoms with Gasteiger partial charge in [-0.25, -0.2) is 0 Å². The van der Waals surface area contributed by atoms with E-state index >= 15 is 0 Å². The van der Waals surface area contributed by atoms with E-state index in [1.165, 1.54) is 0 Å². The smallest absolute Gasteiger partial charge is 0.229 e. The number of rotatable bonds is 9. The molecule has 1 atom stereocenters. The van der Waals surface area contributed by atoms with Gasteiger partial charge >= 0.3 is 0 Å². The van der Waals surface area contributed by atoms with E-state index in [9.17, 15) is 5.11 Å². The van der Waals surface area contributed by atoms with Crippen molar-refractivity contribution < 1.29 is 5.11 Å². The van der Waals surface area contributed by atoms with Crippen LogP contribution in [0.15, 0.2) is 54.9 Å². The number of pyridine rings is 1. The maximum Gasteiger partial charge on any atom is 0.229 e. The minimum absolute atomic E-state index is 0.00466. The van der Waals surface area contributed by atoms with Crippen molar-refractivity contribution in [1.29, 1.82) is 0 Å². The molecule has 0 aliphatic carbocycles. The lowest BCUT2D eigenvalue weighted by atomic mass is 10.1. The summed E-state index contributed by atoms with van der Waals surface area (Å²) < 4.78 is 1.73. The Labute approximate surface area is 194 Å². The van der Waals surface area contributed by atoms with Crippen LogP contribution < -0.4 is 10.6 Å². The lowest BCUT2D eigenvalue weighted by Crippen LogP contribution is -2.30. The lowest BCUT2D eigenvalue weighted by molar-refractivity contribution is 0.248. The van der Waals surface area contributed by atoms with Gasteiger partial charge in [0.05, 0.1) is 24.5 Å². The van der Waals surface area contributed by atoms with Crippen LogP contribution in [0.25, 0.3) is 16.9 Å². The Morgan fingerprint density at radius 2 is 1.76 bits per heavy atom. The fraction of sp³-hybridized carbons (Fsp3) is 0.360. The zero-order valence-electron chi connectivity index (χ0n) is 19.5. The van der Waals surface area contributed by atoms with Crippen molar-refractivity contribution in [2.75, 3.05) is 17.2 Å². The highest BCUT2D eigenvalue weighted by atomic mass is 16.3. The van der Waals surface area contributed by atoms with Crippen molar-refractivity contribution in [3.63, 3.8) is 0 Å². The summed E-state index contributed by atoms with van der Waals surface area (Å²) >= 11 is 0. The standard InChI is InChI=1S/C25H31N7O/c1-16(2)20-14-28-32-23(20)30-24(29-22(15-33)17(3)4)31-25(32)27-13-18-10-11-21(26-12-18)19-8-6-5-7-9-19/h5-12,14,16-17,22,33H,13,15H2,1-4H3,(H2,27,29,30,31). The molecule has 0 amide bonds. The zero-order valence-corrected chi connectivity index (χ0v) is 19.5. The molecular weight excluding hydrogens is 414 g/mol. The summed E-state index contributed by atoms with van der Waals surface area (Å²) in [7, 11) is 0. The number of fused-ring (bicyclic) bond motifs is 1. The van der Waals surface area contributed by atoms with Crippen molar-refractivity contribution >= 4 is 17.5 Å². The SMILES string of the molecule is CC(C)c1cnn2c(NCc3ccc(-c4ccccc4)nc3)nc(NC(CO)C(C)C)nc12. The lowest BCUT2D eigenvalue weighted by Gasteiger charge is -2.20. The molecule has 0 spiro atoms. The maximum atomic E-state index is 9.74. The molecule has 0 saturated heterocycles. The van der Waals surface area contributed by atoms with E-state index in [4.69, 9.17) is 4.98 Å². The highest BCUT2D eigenvalue weighted by Crippen LogP contribution is 2.23. The number of benzene rings is 1. The Hall–Kier alpha value is -3.52. The summed E-state index contributed by atoms with van der Waals surface area (Å²) in [5, 5.41) is 20.9. The van der Waals surface area contributed by atoms with Crippen molar-refractivity contribution in [2.45, 2.75) is 46.2 Å². The second-order valence-electron chi connectivity index (χ2n) is 8.81. The summed E-state index contributed by atoms with van der Waals surface area (Å²) in [6.07, 6.45) is 3.71. The van der Waals surface area contributed by atoms with Gasteiger partial charge in [0.25, 0.3) is 0 Å². The Morgan fingerprint density at radius 1 is 0.970 bits per heavy atom. The summed E-state index contributed by atoms with van der Waals surface area (Å²) in [6, 6.07) is 14.1. The molecule has 0 fully saturated rings. The number of aliphatic hydroxyl groups is 1. The molecule has 4 rings (SSSR count). The van der Waals surface area contributed by atoms with Crippen molar-refractivity contribution in [3.8, 4) is 11.3 Å². The number of nitrogens with one attached hydrogen (secondary N) is 2. The van der Waals surface area contributed by atoms with Crippen LogP contribution in [-0.2, 0) is 6.54 Å². The second kappa shape index (κ2) is 9.95. The predicted molar refractivity (Wildman–Crippen MR) is 131 cm³/mol. The molecule has 3 aromatic heterocycles. The van der Waals surface area contributed by atoms with Crippen LogP contribution in [0.4, 0.5) is 11.9 Å². The largest absolute Gasteiger partial charge is 0.394 e. The number of aliphatic hydroxyl groups excluding tert-OH is 1. The maximum absolute atomic E-state index is 9.74. The first-order chi connectivity index (χ1) is 16.0. The number of hydrogen-bond acceptors (Lipinski definition) is 7. The molecule has 3 heterocycles. The fourth-order valence-electron chi connectivity index (χ4n) is 3.56. The highest BCUT2D eigenvalue weighted by molar-refractivity contribution is 5.59. The minimum atomic E-state index is -0.138.